The number of rotatable bonds is 12. The van der Waals surface area contributed by atoms with Crippen molar-refractivity contribution in [2.45, 2.75) is 72.8 Å². The van der Waals surface area contributed by atoms with Gasteiger partial charge in [-0.1, -0.05) is 63.1 Å². The van der Waals surface area contributed by atoms with E-state index in [9.17, 15) is 15.8 Å². The largest absolute Gasteiger partial charge is 0.496 e. The normalized spacial score (nSPS) is 14.0. The van der Waals surface area contributed by atoms with Crippen molar-refractivity contribution in [3.8, 4) is 24.0 Å². The van der Waals surface area contributed by atoms with Gasteiger partial charge in [-0.25, -0.2) is 0 Å². The topological polar surface area (TPSA) is 93.1 Å². The fourth-order valence-corrected chi connectivity index (χ4v) is 5.16. The lowest BCUT2D eigenvalue weighted by molar-refractivity contribution is 0.0954. The van der Waals surface area contributed by atoms with E-state index >= 15 is 0 Å². The van der Waals surface area contributed by atoms with Gasteiger partial charge in [-0.2, -0.15) is 15.8 Å². The highest BCUT2D eigenvalue weighted by Gasteiger charge is 2.38. The molecule has 0 amide bonds. The smallest absolute Gasteiger partial charge is 0.172 e. The number of hydrogen-bond acceptors (Lipinski definition) is 6. The monoisotopic (exact) mass is 574 g/mol. The highest BCUT2D eigenvalue weighted by molar-refractivity contribution is 5.77. The fraction of sp³-hybridized carbons (Fsp3) is 0.378. The number of allylic oxidation sites excluding steroid dienone is 2. The predicted molar refractivity (Wildman–Crippen MR) is 175 cm³/mol. The lowest BCUT2D eigenvalue weighted by Crippen LogP contribution is -2.25. The first-order valence-electron chi connectivity index (χ1n) is 14.9. The molecule has 2 aromatic rings. The number of hydrogen-bond donors (Lipinski definition) is 0. The molecule has 0 spiro atoms. The predicted octanol–water partition coefficient (Wildman–Crippen LogP) is 8.83. The van der Waals surface area contributed by atoms with E-state index < -0.39 is 5.60 Å². The van der Waals surface area contributed by atoms with Crippen LogP contribution in [0.25, 0.3) is 18.2 Å². The quantitative estimate of drug-likeness (QED) is 0.186. The summed E-state index contributed by atoms with van der Waals surface area (Å²) in [5.74, 6) is 0.900. The van der Waals surface area contributed by atoms with Crippen LogP contribution in [0.4, 0.5) is 5.69 Å². The molecule has 1 heterocycles. The molecule has 0 aromatic heterocycles. The van der Waals surface area contributed by atoms with Gasteiger partial charge < -0.3 is 14.4 Å². The molecule has 2 aromatic carbocycles. The van der Waals surface area contributed by atoms with E-state index in [2.05, 4.69) is 81.1 Å². The second kappa shape index (κ2) is 14.9. The number of nitriles is 3. The van der Waals surface area contributed by atoms with Crippen LogP contribution < -0.4 is 9.64 Å². The first-order chi connectivity index (χ1) is 20.6. The number of nitrogens with zero attached hydrogens (tertiary/aromatic N) is 4. The Morgan fingerprint density at radius 1 is 0.860 bits per heavy atom. The maximum atomic E-state index is 9.82. The average molecular weight is 575 g/mol. The number of methoxy groups -OCH3 is 1. The van der Waals surface area contributed by atoms with Gasteiger partial charge in [0.05, 0.1) is 7.11 Å². The number of benzene rings is 2. The Kier molecular flexibility index (Phi) is 11.4. The average Bonchev–Trinajstić information content (AvgIpc) is 3.26. The van der Waals surface area contributed by atoms with E-state index in [0.717, 1.165) is 46.7 Å². The second-order valence-corrected chi connectivity index (χ2v) is 11.3. The minimum atomic E-state index is -0.848. The van der Waals surface area contributed by atoms with Crippen molar-refractivity contribution in [2.75, 3.05) is 25.1 Å². The molecule has 0 aliphatic carbocycles. The van der Waals surface area contributed by atoms with Crippen molar-refractivity contribution in [1.82, 2.24) is 0 Å². The Balaban J connectivity index is 1.90. The van der Waals surface area contributed by atoms with Crippen molar-refractivity contribution >= 4 is 23.9 Å². The number of anilines is 1. The van der Waals surface area contributed by atoms with Gasteiger partial charge in [-0.3, -0.25) is 0 Å². The van der Waals surface area contributed by atoms with Crippen LogP contribution in [0, 0.1) is 47.8 Å². The molecule has 3 rings (SSSR count). The number of unbranched alkanes of at least 4 members (excludes halogenated alkanes) is 2. The van der Waals surface area contributed by atoms with Crippen LogP contribution >= 0.6 is 0 Å². The lowest BCUT2D eigenvalue weighted by atomic mass is 9.93. The van der Waals surface area contributed by atoms with Gasteiger partial charge in [0.2, 0.25) is 0 Å². The Morgan fingerprint density at radius 2 is 1.42 bits per heavy atom. The van der Waals surface area contributed by atoms with Crippen LogP contribution in [0.3, 0.4) is 0 Å². The van der Waals surface area contributed by atoms with Gasteiger partial charge >= 0.3 is 0 Å². The SMILES string of the molecule is CCCCN(CCCC)c1ccc(/C=C/c2cc(C)c(/C=C/C3=C(C#N)C(=C(C#N)C#N)OC3(C)C)cc2C)c(OC)c1. The van der Waals surface area contributed by atoms with Crippen molar-refractivity contribution in [2.24, 2.45) is 0 Å². The fourth-order valence-electron chi connectivity index (χ4n) is 5.16. The van der Waals surface area contributed by atoms with Crippen molar-refractivity contribution in [3.63, 3.8) is 0 Å². The van der Waals surface area contributed by atoms with E-state index in [1.807, 2.05) is 38.1 Å². The Bertz CT molecular complexity index is 1560. The Hall–Kier alpha value is -4.73. The maximum Gasteiger partial charge on any atom is 0.172 e. The van der Waals surface area contributed by atoms with Crippen molar-refractivity contribution in [3.05, 3.63) is 86.7 Å². The van der Waals surface area contributed by atoms with Gasteiger partial charge in [-0.15, -0.1) is 0 Å². The van der Waals surface area contributed by atoms with E-state index in [0.29, 0.717) is 5.57 Å². The molecule has 0 N–H and O–H groups in total. The van der Waals surface area contributed by atoms with Crippen LogP contribution in [-0.2, 0) is 4.74 Å². The summed E-state index contributed by atoms with van der Waals surface area (Å²) in [5.41, 5.74) is 6.32. The van der Waals surface area contributed by atoms with Gasteiger partial charge in [0.25, 0.3) is 0 Å². The minimum Gasteiger partial charge on any atom is -0.496 e. The summed E-state index contributed by atoms with van der Waals surface area (Å²) in [7, 11) is 1.72. The number of ether oxygens (including phenoxy) is 2. The molecule has 0 saturated carbocycles. The zero-order valence-corrected chi connectivity index (χ0v) is 26.5. The van der Waals surface area contributed by atoms with Crippen LogP contribution in [0.1, 0.15) is 81.2 Å². The minimum absolute atomic E-state index is 0.0450. The molecule has 0 atom stereocenters. The third-order valence-corrected chi connectivity index (χ3v) is 7.74. The first-order valence-corrected chi connectivity index (χ1v) is 14.9. The number of aryl methyl sites for hydroxylation is 2. The molecule has 0 saturated heterocycles. The van der Waals surface area contributed by atoms with Crippen LogP contribution in [0.5, 0.6) is 5.75 Å². The molecule has 1 aliphatic rings. The molecule has 0 bridgehead atoms. The molecule has 43 heavy (non-hydrogen) atoms. The maximum absolute atomic E-state index is 9.82. The van der Waals surface area contributed by atoms with Crippen molar-refractivity contribution < 1.29 is 9.47 Å². The molecule has 0 unspecified atom stereocenters. The highest BCUT2D eigenvalue weighted by Crippen LogP contribution is 2.40. The van der Waals surface area contributed by atoms with E-state index in [1.54, 1.807) is 7.11 Å². The molecule has 6 nitrogen and oxygen atoms in total. The summed E-state index contributed by atoms with van der Waals surface area (Å²) < 4.78 is 11.7. The van der Waals surface area contributed by atoms with Crippen LogP contribution in [0.2, 0.25) is 0 Å². The third kappa shape index (κ3) is 7.77. The summed E-state index contributed by atoms with van der Waals surface area (Å²) in [5, 5.41) is 28.5. The third-order valence-electron chi connectivity index (χ3n) is 7.74. The molecular formula is C37H42N4O2. The summed E-state index contributed by atoms with van der Waals surface area (Å²) in [4.78, 5) is 2.46. The van der Waals surface area contributed by atoms with E-state index in [-0.39, 0.29) is 16.9 Å². The molecule has 1 aliphatic heterocycles. The molecule has 0 fully saturated rings. The van der Waals surface area contributed by atoms with Gasteiger partial charge in [0.15, 0.2) is 11.3 Å². The lowest BCUT2D eigenvalue weighted by Gasteiger charge is -2.25. The van der Waals surface area contributed by atoms with Gasteiger partial charge in [0, 0.05) is 36.0 Å². The summed E-state index contributed by atoms with van der Waals surface area (Å²) in [6, 6.07) is 16.5. The van der Waals surface area contributed by atoms with E-state index in [1.165, 1.54) is 31.4 Å². The van der Waals surface area contributed by atoms with Crippen molar-refractivity contribution in [1.29, 1.82) is 15.8 Å². The van der Waals surface area contributed by atoms with E-state index in [4.69, 9.17) is 9.47 Å². The zero-order chi connectivity index (χ0) is 31.6. The van der Waals surface area contributed by atoms with Crippen LogP contribution in [-0.4, -0.2) is 25.8 Å². The molecule has 6 heteroatoms. The molecular weight excluding hydrogens is 532 g/mol. The second-order valence-electron chi connectivity index (χ2n) is 11.3. The summed E-state index contributed by atoms with van der Waals surface area (Å²) in [6.45, 7) is 14.3. The summed E-state index contributed by atoms with van der Waals surface area (Å²) in [6.07, 6.45) is 12.7. The van der Waals surface area contributed by atoms with Gasteiger partial charge in [0.1, 0.15) is 35.1 Å². The highest BCUT2D eigenvalue weighted by atomic mass is 16.5. The first kappa shape index (κ1) is 32.8. The summed E-state index contributed by atoms with van der Waals surface area (Å²) >= 11 is 0. The molecule has 0 radical (unpaired) electrons. The zero-order valence-electron chi connectivity index (χ0n) is 26.5. The molecule has 222 valence electrons. The Labute approximate surface area is 257 Å². The van der Waals surface area contributed by atoms with Gasteiger partial charge in [-0.05, 0) is 74.9 Å². The van der Waals surface area contributed by atoms with Crippen LogP contribution in [0.15, 0.2) is 58.9 Å². The standard InChI is InChI=1S/C37H42N4O2/c1-8-10-18-41(19-11-9-2)32-16-14-28(35(22-32)42-7)12-13-29-20-27(4)30(21-26(29)3)15-17-34-33(25-40)36(31(23-38)24-39)43-37(34,5)6/h12-17,20-22H,8-11,18-19H2,1-7H3/b13-12+,17-15+. The Morgan fingerprint density at radius 3 is 1.93 bits per heavy atom.